The molecule has 0 amide bonds. The fourth-order valence-electron chi connectivity index (χ4n) is 7.58. The first-order valence-electron chi connectivity index (χ1n) is 15.9. The first-order valence-corrected chi connectivity index (χ1v) is 15.9. The van der Waals surface area contributed by atoms with Crippen molar-refractivity contribution in [1.29, 1.82) is 5.26 Å². The Morgan fingerprint density at radius 2 is 1.15 bits per heavy atom. The minimum absolute atomic E-state index is 0.558. The molecule has 0 N–H and O–H groups in total. The van der Waals surface area contributed by atoms with E-state index in [0.29, 0.717) is 5.56 Å². The Kier molecular flexibility index (Phi) is 6.82. The number of hydrogen-bond donors (Lipinski definition) is 0. The van der Waals surface area contributed by atoms with Crippen LogP contribution >= 0.6 is 0 Å². The van der Waals surface area contributed by atoms with Crippen molar-refractivity contribution in [2.24, 2.45) is 0 Å². The number of hydrogen-bond acceptors (Lipinski definition) is 2. The third-order valence-electron chi connectivity index (χ3n) is 9.58. The van der Waals surface area contributed by atoms with E-state index in [-0.39, 0.29) is 0 Å². The molecule has 1 heterocycles. The van der Waals surface area contributed by atoms with E-state index in [0.717, 1.165) is 56.0 Å². The molecule has 8 rings (SSSR count). The third-order valence-corrected chi connectivity index (χ3v) is 9.58. The van der Waals surface area contributed by atoms with Gasteiger partial charge in [-0.1, -0.05) is 140 Å². The number of ether oxygens (including phenoxy) is 1. The van der Waals surface area contributed by atoms with Gasteiger partial charge in [0.05, 0.1) is 17.0 Å². The number of nitriles is 1. The van der Waals surface area contributed by atoms with E-state index in [9.17, 15) is 5.26 Å². The SMILES string of the molecule is C=CC1=C(/C=C(\C)c2ccccc2-c2ccccc2-c2ccc(C#N)cc2)Oc2ccccc2C12c1ccccc1-c1ccccc12. The first-order chi connectivity index (χ1) is 23.1. The molecule has 0 fully saturated rings. The van der Waals surface area contributed by atoms with Crippen molar-refractivity contribution in [1.82, 2.24) is 0 Å². The maximum absolute atomic E-state index is 9.34. The molecule has 47 heavy (non-hydrogen) atoms. The summed E-state index contributed by atoms with van der Waals surface area (Å²) in [5.74, 6) is 1.64. The average molecular weight is 602 g/mol. The number of para-hydroxylation sites is 1. The molecule has 1 spiro atoms. The Labute approximate surface area is 275 Å². The predicted molar refractivity (Wildman–Crippen MR) is 192 cm³/mol. The van der Waals surface area contributed by atoms with E-state index in [4.69, 9.17) is 4.74 Å². The van der Waals surface area contributed by atoms with Gasteiger partial charge in [0.1, 0.15) is 11.5 Å². The molecule has 1 aliphatic heterocycles. The fourth-order valence-corrected chi connectivity index (χ4v) is 7.58. The summed E-state index contributed by atoms with van der Waals surface area (Å²) in [6.07, 6.45) is 4.17. The summed E-state index contributed by atoms with van der Waals surface area (Å²) in [6, 6.07) is 52.9. The van der Waals surface area contributed by atoms with Gasteiger partial charge >= 0.3 is 0 Å². The van der Waals surface area contributed by atoms with Gasteiger partial charge in [-0.3, -0.25) is 0 Å². The molecular weight excluding hydrogens is 571 g/mol. The standard InChI is InChI=1S/C45H31NO/c1-3-39-44(47-43-23-13-12-22-42(43)45(39)40-20-10-8-18-37(40)38-19-9-11-21-41(38)45)28-30(2)33-14-4-6-16-35(33)36-17-7-5-15-34(36)32-26-24-31(29-46)25-27-32/h3-28H,1H2,2H3/b30-28+. The lowest BCUT2D eigenvalue weighted by molar-refractivity contribution is 0.403. The second-order valence-electron chi connectivity index (χ2n) is 12.0. The zero-order valence-corrected chi connectivity index (χ0v) is 26.1. The zero-order chi connectivity index (χ0) is 32.0. The summed E-state index contributed by atoms with van der Waals surface area (Å²) >= 11 is 0. The molecule has 222 valence electrons. The Hall–Kier alpha value is -6.17. The van der Waals surface area contributed by atoms with Gasteiger partial charge in [-0.25, -0.2) is 0 Å². The maximum atomic E-state index is 9.34. The smallest absolute Gasteiger partial charge is 0.132 e. The van der Waals surface area contributed by atoms with Crippen LogP contribution < -0.4 is 4.74 Å². The number of nitrogens with zero attached hydrogens (tertiary/aromatic N) is 1. The van der Waals surface area contributed by atoms with Crippen LogP contribution in [0.4, 0.5) is 0 Å². The highest BCUT2D eigenvalue weighted by Gasteiger charge is 2.51. The van der Waals surface area contributed by atoms with Gasteiger partial charge in [0.2, 0.25) is 0 Å². The molecule has 6 aromatic carbocycles. The Balaban J connectivity index is 1.34. The van der Waals surface area contributed by atoms with Gasteiger partial charge in [0.15, 0.2) is 0 Å². The van der Waals surface area contributed by atoms with Crippen molar-refractivity contribution in [3.63, 3.8) is 0 Å². The number of allylic oxidation sites excluding steroid dienone is 4. The van der Waals surface area contributed by atoms with Gasteiger partial charge in [0.25, 0.3) is 0 Å². The van der Waals surface area contributed by atoms with Crippen molar-refractivity contribution >= 4 is 5.57 Å². The Morgan fingerprint density at radius 1 is 0.617 bits per heavy atom. The van der Waals surface area contributed by atoms with E-state index in [1.165, 1.54) is 22.3 Å². The fraction of sp³-hybridized carbons (Fsp3) is 0.0444. The number of fused-ring (bicyclic) bond motifs is 7. The molecule has 0 unspecified atom stereocenters. The normalized spacial score (nSPS) is 14.1. The molecule has 1 aliphatic carbocycles. The van der Waals surface area contributed by atoms with E-state index >= 15 is 0 Å². The topological polar surface area (TPSA) is 33.0 Å². The maximum Gasteiger partial charge on any atom is 0.132 e. The molecule has 2 heteroatoms. The Bertz CT molecular complexity index is 2270. The quantitative estimate of drug-likeness (QED) is 0.197. The zero-order valence-electron chi connectivity index (χ0n) is 26.1. The lowest BCUT2D eigenvalue weighted by Gasteiger charge is -2.39. The minimum atomic E-state index is -0.558. The van der Waals surface area contributed by atoms with Gasteiger partial charge < -0.3 is 4.74 Å². The van der Waals surface area contributed by atoms with E-state index in [1.54, 1.807) is 0 Å². The van der Waals surface area contributed by atoms with E-state index < -0.39 is 5.41 Å². The summed E-state index contributed by atoms with van der Waals surface area (Å²) in [5, 5.41) is 9.34. The van der Waals surface area contributed by atoms with Crippen molar-refractivity contribution in [2.45, 2.75) is 12.3 Å². The van der Waals surface area contributed by atoms with Crippen LogP contribution in [0.15, 0.2) is 176 Å². The molecule has 0 atom stereocenters. The van der Waals surface area contributed by atoms with Gasteiger partial charge in [0, 0.05) is 11.1 Å². The lowest BCUT2D eigenvalue weighted by atomic mass is 9.65. The summed E-state index contributed by atoms with van der Waals surface area (Å²) < 4.78 is 6.81. The molecule has 2 nitrogen and oxygen atoms in total. The molecule has 6 aromatic rings. The van der Waals surface area contributed by atoms with Crippen LogP contribution in [0.2, 0.25) is 0 Å². The van der Waals surface area contributed by atoms with Gasteiger partial charge in [-0.05, 0) is 86.8 Å². The minimum Gasteiger partial charge on any atom is -0.457 e. The molecular formula is C45H31NO. The van der Waals surface area contributed by atoms with E-state index in [2.05, 4.69) is 141 Å². The van der Waals surface area contributed by atoms with Crippen molar-refractivity contribution in [3.8, 4) is 45.2 Å². The molecule has 0 saturated heterocycles. The lowest BCUT2D eigenvalue weighted by Crippen LogP contribution is -2.34. The number of benzene rings is 6. The van der Waals surface area contributed by atoms with Crippen LogP contribution in [-0.4, -0.2) is 0 Å². The van der Waals surface area contributed by atoms with Gasteiger partial charge in [-0.2, -0.15) is 5.26 Å². The second kappa shape index (κ2) is 11.3. The van der Waals surface area contributed by atoms with E-state index in [1.807, 2.05) is 36.4 Å². The first kappa shape index (κ1) is 28.3. The van der Waals surface area contributed by atoms with Crippen molar-refractivity contribution in [3.05, 3.63) is 203 Å². The number of rotatable bonds is 5. The van der Waals surface area contributed by atoms with Crippen LogP contribution in [0.3, 0.4) is 0 Å². The molecule has 0 bridgehead atoms. The van der Waals surface area contributed by atoms with Crippen LogP contribution in [0.1, 0.15) is 34.7 Å². The highest BCUT2D eigenvalue weighted by molar-refractivity contribution is 5.91. The average Bonchev–Trinajstić information content (AvgIpc) is 3.42. The monoisotopic (exact) mass is 601 g/mol. The Morgan fingerprint density at radius 3 is 1.79 bits per heavy atom. The van der Waals surface area contributed by atoms with Gasteiger partial charge in [-0.15, -0.1) is 0 Å². The largest absolute Gasteiger partial charge is 0.457 e. The van der Waals surface area contributed by atoms with Crippen LogP contribution in [0.25, 0.3) is 39.0 Å². The second-order valence-corrected chi connectivity index (χ2v) is 12.0. The molecule has 0 radical (unpaired) electrons. The highest BCUT2D eigenvalue weighted by Crippen LogP contribution is 2.60. The van der Waals surface area contributed by atoms with Crippen LogP contribution in [-0.2, 0) is 5.41 Å². The molecule has 0 saturated carbocycles. The van der Waals surface area contributed by atoms with Crippen molar-refractivity contribution in [2.75, 3.05) is 0 Å². The summed E-state index contributed by atoms with van der Waals surface area (Å²) in [7, 11) is 0. The summed E-state index contributed by atoms with van der Waals surface area (Å²) in [5.41, 5.74) is 13.9. The third kappa shape index (κ3) is 4.32. The predicted octanol–water partition coefficient (Wildman–Crippen LogP) is 11.1. The van der Waals surface area contributed by atoms with Crippen LogP contribution in [0, 0.1) is 11.3 Å². The summed E-state index contributed by atoms with van der Waals surface area (Å²) in [6.45, 7) is 6.54. The molecule has 0 aromatic heterocycles. The summed E-state index contributed by atoms with van der Waals surface area (Å²) in [4.78, 5) is 0. The highest BCUT2D eigenvalue weighted by atomic mass is 16.5. The molecule has 2 aliphatic rings. The van der Waals surface area contributed by atoms with Crippen LogP contribution in [0.5, 0.6) is 5.75 Å². The van der Waals surface area contributed by atoms with Crippen molar-refractivity contribution < 1.29 is 4.74 Å².